The van der Waals surface area contributed by atoms with E-state index in [1.165, 1.54) is 0 Å². The molecule has 0 bridgehead atoms. The zero-order valence-electron chi connectivity index (χ0n) is 15.6. The fourth-order valence-electron chi connectivity index (χ4n) is 2.87. The zero-order valence-corrected chi connectivity index (χ0v) is 16.4. The van der Waals surface area contributed by atoms with Gasteiger partial charge in [0.25, 0.3) is 5.89 Å². The fraction of sp³-hybridized carbons (Fsp3) is 0.250. The molecule has 0 saturated carbocycles. The van der Waals surface area contributed by atoms with Gasteiger partial charge in [0, 0.05) is 42.6 Å². The molecule has 4 aromatic rings. The van der Waals surface area contributed by atoms with Gasteiger partial charge in [0.2, 0.25) is 5.95 Å². The molecule has 0 unspecified atom stereocenters. The first-order valence-corrected chi connectivity index (χ1v) is 9.04. The average Bonchev–Trinajstić information content (AvgIpc) is 3.35. The smallest absolute Gasteiger partial charge is 0.258 e. The largest absolute Gasteiger partial charge is 0.334 e. The third kappa shape index (κ3) is 3.97. The van der Waals surface area contributed by atoms with Crippen LogP contribution in [-0.4, -0.2) is 36.9 Å². The van der Waals surface area contributed by atoms with E-state index in [1.54, 1.807) is 24.5 Å². The molecule has 0 radical (unpaired) electrons. The molecule has 3 heterocycles. The Hall–Kier alpha value is -3.26. The lowest BCUT2D eigenvalue weighted by Gasteiger charge is -2.22. The molecule has 0 N–H and O–H groups in total. The maximum absolute atomic E-state index is 6.04. The van der Waals surface area contributed by atoms with E-state index in [2.05, 4.69) is 25.3 Å². The maximum atomic E-state index is 6.04. The molecule has 150 valence electrons. The molecule has 29 heavy (non-hydrogen) atoms. The van der Waals surface area contributed by atoms with Crippen molar-refractivity contribution in [3.63, 3.8) is 0 Å². The Morgan fingerprint density at radius 2 is 1.86 bits per heavy atom. The van der Waals surface area contributed by atoms with Gasteiger partial charge in [0.15, 0.2) is 11.6 Å². The van der Waals surface area contributed by atoms with Crippen LogP contribution in [0.15, 0.2) is 53.3 Å². The molecule has 1 aromatic carbocycles. The quantitative estimate of drug-likeness (QED) is 0.480. The standard InChI is InChI=1S/C19H18ClN7O.CH4/c1-12(16-22-18(28-25-16)14-5-4-6-15(20)11-14)26(2)19-24-23-17(27(19)3)13-7-9-21-10-8-13;/h4-12H,1-3H3;1H4/t12-;/m1./s1. The lowest BCUT2D eigenvalue weighted by atomic mass is 10.2. The third-order valence-corrected chi connectivity index (χ3v) is 4.81. The van der Waals surface area contributed by atoms with Crippen molar-refractivity contribution >= 4 is 17.5 Å². The number of hydrogen-bond acceptors (Lipinski definition) is 7. The predicted octanol–water partition coefficient (Wildman–Crippen LogP) is 4.41. The highest BCUT2D eigenvalue weighted by molar-refractivity contribution is 6.30. The van der Waals surface area contributed by atoms with Crippen LogP contribution in [0.2, 0.25) is 5.02 Å². The lowest BCUT2D eigenvalue weighted by Crippen LogP contribution is -2.25. The minimum Gasteiger partial charge on any atom is -0.334 e. The molecule has 0 aliphatic rings. The van der Waals surface area contributed by atoms with Gasteiger partial charge < -0.3 is 9.42 Å². The first kappa shape index (κ1) is 20.5. The first-order chi connectivity index (χ1) is 13.5. The van der Waals surface area contributed by atoms with E-state index in [9.17, 15) is 0 Å². The molecule has 8 nitrogen and oxygen atoms in total. The summed E-state index contributed by atoms with van der Waals surface area (Å²) in [6.07, 6.45) is 3.46. The average molecular weight is 412 g/mol. The van der Waals surface area contributed by atoms with Gasteiger partial charge in [-0.2, -0.15) is 4.98 Å². The summed E-state index contributed by atoms with van der Waals surface area (Å²) < 4.78 is 7.34. The van der Waals surface area contributed by atoms with Crippen molar-refractivity contribution in [1.29, 1.82) is 0 Å². The van der Waals surface area contributed by atoms with Crippen LogP contribution in [0.1, 0.15) is 26.2 Å². The molecular weight excluding hydrogens is 390 g/mol. The highest BCUT2D eigenvalue weighted by Crippen LogP contribution is 2.27. The van der Waals surface area contributed by atoms with Gasteiger partial charge in [-0.25, -0.2) is 0 Å². The van der Waals surface area contributed by atoms with E-state index in [4.69, 9.17) is 16.1 Å². The number of nitrogens with zero attached hydrogens (tertiary/aromatic N) is 7. The number of pyridine rings is 1. The van der Waals surface area contributed by atoms with Crippen molar-refractivity contribution < 1.29 is 4.52 Å². The Labute approximate surface area is 174 Å². The Kier molecular flexibility index (Phi) is 5.93. The molecular formula is C20H22ClN7O. The van der Waals surface area contributed by atoms with Crippen LogP contribution in [-0.2, 0) is 7.05 Å². The van der Waals surface area contributed by atoms with Crippen LogP contribution in [0.25, 0.3) is 22.8 Å². The molecule has 1 atom stereocenters. The SMILES string of the molecule is C.C[C@H](c1noc(-c2cccc(Cl)c2)n1)N(C)c1nnc(-c2ccncc2)n1C. The van der Waals surface area contributed by atoms with Crippen LogP contribution in [0.5, 0.6) is 0 Å². The number of halogens is 1. The summed E-state index contributed by atoms with van der Waals surface area (Å²) in [5, 5.41) is 13.4. The molecule has 4 rings (SSSR count). The van der Waals surface area contributed by atoms with E-state index in [0.29, 0.717) is 22.7 Å². The van der Waals surface area contributed by atoms with Gasteiger partial charge in [0.05, 0.1) is 6.04 Å². The van der Waals surface area contributed by atoms with E-state index in [1.807, 2.05) is 54.8 Å². The van der Waals surface area contributed by atoms with Gasteiger partial charge in [-0.05, 0) is 37.3 Å². The zero-order chi connectivity index (χ0) is 19.7. The first-order valence-electron chi connectivity index (χ1n) is 8.66. The van der Waals surface area contributed by atoms with Gasteiger partial charge in [-0.15, -0.1) is 10.2 Å². The highest BCUT2D eigenvalue weighted by atomic mass is 35.5. The molecule has 0 amide bonds. The molecule has 0 spiro atoms. The normalized spacial score (nSPS) is 11.7. The van der Waals surface area contributed by atoms with Crippen molar-refractivity contribution in [2.45, 2.75) is 20.4 Å². The van der Waals surface area contributed by atoms with Gasteiger partial charge in [-0.3, -0.25) is 9.55 Å². The Morgan fingerprint density at radius 3 is 2.59 bits per heavy atom. The number of anilines is 1. The van der Waals surface area contributed by atoms with Crippen LogP contribution in [0.4, 0.5) is 5.95 Å². The highest BCUT2D eigenvalue weighted by Gasteiger charge is 2.23. The van der Waals surface area contributed by atoms with Gasteiger partial charge >= 0.3 is 0 Å². The fourth-order valence-corrected chi connectivity index (χ4v) is 3.06. The summed E-state index contributed by atoms with van der Waals surface area (Å²) in [7, 11) is 3.84. The number of benzene rings is 1. The Balaban J connectivity index is 0.00000240. The number of hydrogen-bond donors (Lipinski definition) is 0. The van der Waals surface area contributed by atoms with Crippen molar-refractivity contribution in [1.82, 2.24) is 29.9 Å². The molecule has 9 heteroatoms. The van der Waals surface area contributed by atoms with Crippen molar-refractivity contribution in [3.8, 4) is 22.8 Å². The summed E-state index contributed by atoms with van der Waals surface area (Å²) in [6.45, 7) is 1.98. The summed E-state index contributed by atoms with van der Waals surface area (Å²) in [4.78, 5) is 10.5. The summed E-state index contributed by atoms with van der Waals surface area (Å²) in [5.74, 6) is 2.41. The van der Waals surface area contributed by atoms with E-state index in [-0.39, 0.29) is 13.5 Å². The molecule has 0 aliphatic heterocycles. The molecule has 0 aliphatic carbocycles. The van der Waals surface area contributed by atoms with Crippen LogP contribution < -0.4 is 4.90 Å². The predicted molar refractivity (Wildman–Crippen MR) is 113 cm³/mol. The van der Waals surface area contributed by atoms with Crippen LogP contribution in [0, 0.1) is 0 Å². The number of aromatic nitrogens is 6. The number of rotatable bonds is 5. The van der Waals surface area contributed by atoms with E-state index < -0.39 is 0 Å². The summed E-state index contributed by atoms with van der Waals surface area (Å²) in [6, 6.07) is 10.9. The second-order valence-corrected chi connectivity index (χ2v) is 6.81. The molecule has 0 fully saturated rings. The monoisotopic (exact) mass is 411 g/mol. The Bertz CT molecular complexity index is 1090. The van der Waals surface area contributed by atoms with Gasteiger partial charge in [0.1, 0.15) is 0 Å². The van der Waals surface area contributed by atoms with Crippen molar-refractivity contribution in [3.05, 3.63) is 59.6 Å². The van der Waals surface area contributed by atoms with E-state index in [0.717, 1.165) is 17.0 Å². The maximum Gasteiger partial charge on any atom is 0.258 e. The van der Waals surface area contributed by atoms with Crippen molar-refractivity contribution in [2.75, 3.05) is 11.9 Å². The summed E-state index contributed by atoms with van der Waals surface area (Å²) in [5.41, 5.74) is 1.72. The topological polar surface area (TPSA) is 85.8 Å². The second-order valence-electron chi connectivity index (χ2n) is 6.37. The van der Waals surface area contributed by atoms with Crippen molar-refractivity contribution in [2.24, 2.45) is 7.05 Å². The molecule has 0 saturated heterocycles. The molecule has 3 aromatic heterocycles. The minimum absolute atomic E-state index is 0. The van der Waals surface area contributed by atoms with Crippen LogP contribution in [0.3, 0.4) is 0 Å². The second kappa shape index (κ2) is 8.40. The van der Waals surface area contributed by atoms with E-state index >= 15 is 0 Å². The van der Waals surface area contributed by atoms with Gasteiger partial charge in [-0.1, -0.05) is 30.3 Å². The summed E-state index contributed by atoms with van der Waals surface area (Å²) >= 11 is 6.04. The third-order valence-electron chi connectivity index (χ3n) is 4.57. The minimum atomic E-state index is -0.176. The lowest BCUT2D eigenvalue weighted by molar-refractivity contribution is 0.416. The van der Waals surface area contributed by atoms with Crippen LogP contribution >= 0.6 is 11.6 Å². The Morgan fingerprint density at radius 1 is 1.10 bits per heavy atom.